The van der Waals surface area contributed by atoms with Gasteiger partial charge in [0.15, 0.2) is 0 Å². The predicted octanol–water partition coefficient (Wildman–Crippen LogP) is 2.55. The maximum Gasteiger partial charge on any atom is 0.338 e. The van der Waals surface area contributed by atoms with E-state index in [2.05, 4.69) is 4.72 Å². The Kier molecular flexibility index (Phi) is 6.19. The Morgan fingerprint density at radius 1 is 1.24 bits per heavy atom. The molecule has 0 unspecified atom stereocenters. The molecule has 0 radical (unpaired) electrons. The lowest BCUT2D eigenvalue weighted by molar-refractivity contribution is 0.00694. The molecule has 0 aliphatic rings. The summed E-state index contributed by atoms with van der Waals surface area (Å²) in [6.45, 7) is 5.58. The van der Waals surface area contributed by atoms with Gasteiger partial charge in [0, 0.05) is 12.4 Å². The second-order valence-electron chi connectivity index (χ2n) is 5.47. The molecule has 0 amide bonds. The topological polar surface area (TPSA) is 72.5 Å². The predicted molar refractivity (Wildman–Crippen MR) is 82.1 cm³/mol. The van der Waals surface area contributed by atoms with Crippen molar-refractivity contribution in [1.29, 1.82) is 0 Å². The number of benzene rings is 1. The zero-order chi connectivity index (χ0) is 16.1. The number of esters is 1. The van der Waals surface area contributed by atoms with Crippen LogP contribution in [0.15, 0.2) is 29.2 Å². The minimum Gasteiger partial charge on any atom is -0.456 e. The Hall–Kier alpha value is -1.11. The molecule has 0 saturated heterocycles. The lowest BCUT2D eigenvalue weighted by Crippen LogP contribution is -2.25. The highest BCUT2D eigenvalue weighted by Crippen LogP contribution is 2.15. The van der Waals surface area contributed by atoms with Gasteiger partial charge in [0.2, 0.25) is 10.0 Å². The second-order valence-corrected chi connectivity index (χ2v) is 7.61. The van der Waals surface area contributed by atoms with Crippen molar-refractivity contribution in [2.45, 2.75) is 37.7 Å². The van der Waals surface area contributed by atoms with Gasteiger partial charge in [-0.1, -0.05) is 0 Å². The molecular formula is C14H20ClNO4S. The molecule has 0 aliphatic carbocycles. The van der Waals surface area contributed by atoms with Gasteiger partial charge in [0.1, 0.15) is 5.60 Å². The zero-order valence-corrected chi connectivity index (χ0v) is 13.9. The molecule has 0 saturated carbocycles. The van der Waals surface area contributed by atoms with Crippen LogP contribution >= 0.6 is 11.6 Å². The average Bonchev–Trinajstić information content (AvgIpc) is 2.37. The maximum absolute atomic E-state index is 11.9. The molecule has 1 rings (SSSR count). The van der Waals surface area contributed by atoms with Gasteiger partial charge in [-0.2, -0.15) is 0 Å². The third kappa shape index (κ3) is 6.03. The molecule has 118 valence electrons. The smallest absolute Gasteiger partial charge is 0.338 e. The normalized spacial score (nSPS) is 12.2. The molecule has 5 nitrogen and oxygen atoms in total. The molecule has 7 heteroatoms. The Labute approximate surface area is 130 Å². The van der Waals surface area contributed by atoms with Gasteiger partial charge >= 0.3 is 5.97 Å². The summed E-state index contributed by atoms with van der Waals surface area (Å²) in [5.41, 5.74) is -0.282. The van der Waals surface area contributed by atoms with Crippen molar-refractivity contribution in [2.24, 2.45) is 0 Å². The number of nitrogens with one attached hydrogen (secondary N) is 1. The van der Waals surface area contributed by atoms with Crippen LogP contribution in [0, 0.1) is 0 Å². The minimum absolute atomic E-state index is 0.101. The van der Waals surface area contributed by atoms with Crippen LogP contribution in [-0.4, -0.2) is 32.4 Å². The van der Waals surface area contributed by atoms with E-state index in [0.717, 1.165) is 0 Å². The Balaban J connectivity index is 2.80. The van der Waals surface area contributed by atoms with Gasteiger partial charge < -0.3 is 4.74 Å². The highest BCUT2D eigenvalue weighted by molar-refractivity contribution is 7.89. The van der Waals surface area contributed by atoms with Crippen molar-refractivity contribution >= 4 is 27.6 Å². The summed E-state index contributed by atoms with van der Waals surface area (Å²) in [6, 6.07) is 5.62. The lowest BCUT2D eigenvalue weighted by atomic mass is 10.2. The van der Waals surface area contributed by atoms with Crippen LogP contribution in [0.2, 0.25) is 0 Å². The first-order chi connectivity index (χ1) is 9.65. The van der Waals surface area contributed by atoms with Gasteiger partial charge in [-0.25, -0.2) is 17.9 Å². The van der Waals surface area contributed by atoms with E-state index in [1.807, 2.05) is 0 Å². The number of sulfonamides is 1. The zero-order valence-electron chi connectivity index (χ0n) is 12.3. The molecule has 0 spiro atoms. The van der Waals surface area contributed by atoms with Gasteiger partial charge in [0.25, 0.3) is 0 Å². The molecule has 21 heavy (non-hydrogen) atoms. The first-order valence-corrected chi connectivity index (χ1v) is 8.56. The fourth-order valence-corrected chi connectivity index (χ4v) is 2.67. The second kappa shape index (κ2) is 7.24. The van der Waals surface area contributed by atoms with Crippen molar-refractivity contribution in [3.8, 4) is 0 Å². The summed E-state index contributed by atoms with van der Waals surface area (Å²) in [7, 11) is -3.57. The maximum atomic E-state index is 11.9. The number of ether oxygens (including phenoxy) is 1. The van der Waals surface area contributed by atoms with Crippen LogP contribution in [0.3, 0.4) is 0 Å². The number of halogens is 1. The summed E-state index contributed by atoms with van der Waals surface area (Å²) in [5, 5.41) is 0. The van der Waals surface area contributed by atoms with Gasteiger partial charge in [-0.05, 0) is 51.5 Å². The number of alkyl halides is 1. The summed E-state index contributed by atoms with van der Waals surface area (Å²) in [5.74, 6) is -0.0957. The summed E-state index contributed by atoms with van der Waals surface area (Å²) in [4.78, 5) is 11.9. The molecule has 0 heterocycles. The third-order valence-corrected chi connectivity index (χ3v) is 4.15. The SMILES string of the molecule is CC(C)(C)OC(=O)c1ccc(S(=O)(=O)NCCCCl)cc1. The van der Waals surface area contributed by atoms with Crippen LogP contribution in [-0.2, 0) is 14.8 Å². The minimum atomic E-state index is -3.57. The first kappa shape index (κ1) is 17.9. The van der Waals surface area contributed by atoms with Crippen LogP contribution in [0.25, 0.3) is 0 Å². The molecule has 1 aromatic rings. The summed E-state index contributed by atoms with van der Waals surface area (Å²) in [6.07, 6.45) is 0.552. The van der Waals surface area contributed by atoms with Crippen LogP contribution < -0.4 is 4.72 Å². The summed E-state index contributed by atoms with van der Waals surface area (Å²) < 4.78 is 31.5. The molecular weight excluding hydrogens is 314 g/mol. The first-order valence-electron chi connectivity index (χ1n) is 6.55. The van der Waals surface area contributed by atoms with Crippen molar-refractivity contribution in [3.05, 3.63) is 29.8 Å². The van der Waals surface area contributed by atoms with Crippen LogP contribution in [0.5, 0.6) is 0 Å². The van der Waals surface area contributed by atoms with Crippen molar-refractivity contribution in [1.82, 2.24) is 4.72 Å². The highest BCUT2D eigenvalue weighted by atomic mass is 35.5. The Morgan fingerprint density at radius 3 is 2.29 bits per heavy atom. The van der Waals surface area contributed by atoms with E-state index in [9.17, 15) is 13.2 Å². The molecule has 0 atom stereocenters. The standard InChI is InChI=1S/C14H20ClNO4S/c1-14(2,3)20-13(17)11-5-7-12(8-6-11)21(18,19)16-10-4-9-15/h5-8,16H,4,9-10H2,1-3H3. The number of hydrogen-bond donors (Lipinski definition) is 1. The molecule has 0 fully saturated rings. The lowest BCUT2D eigenvalue weighted by Gasteiger charge is -2.19. The van der Waals surface area contributed by atoms with E-state index in [-0.39, 0.29) is 11.4 Å². The van der Waals surface area contributed by atoms with Crippen molar-refractivity contribution in [2.75, 3.05) is 12.4 Å². The van der Waals surface area contributed by atoms with E-state index in [0.29, 0.717) is 17.9 Å². The van der Waals surface area contributed by atoms with Crippen LogP contribution in [0.1, 0.15) is 37.6 Å². The average molecular weight is 334 g/mol. The Morgan fingerprint density at radius 2 is 1.81 bits per heavy atom. The molecule has 1 N–H and O–H groups in total. The van der Waals surface area contributed by atoms with Crippen molar-refractivity contribution < 1.29 is 17.9 Å². The monoisotopic (exact) mass is 333 g/mol. The molecule has 0 bridgehead atoms. The van der Waals surface area contributed by atoms with E-state index in [1.54, 1.807) is 20.8 Å². The van der Waals surface area contributed by atoms with Crippen LogP contribution in [0.4, 0.5) is 0 Å². The fourth-order valence-electron chi connectivity index (χ4n) is 1.46. The van der Waals surface area contributed by atoms with E-state index in [1.165, 1.54) is 24.3 Å². The van der Waals surface area contributed by atoms with Gasteiger partial charge in [-0.3, -0.25) is 0 Å². The van der Waals surface area contributed by atoms with E-state index < -0.39 is 21.6 Å². The fraction of sp³-hybridized carbons (Fsp3) is 0.500. The number of carbonyl (C=O) groups is 1. The van der Waals surface area contributed by atoms with Gasteiger partial charge in [0.05, 0.1) is 10.5 Å². The molecule has 0 aliphatic heterocycles. The highest BCUT2D eigenvalue weighted by Gasteiger charge is 2.19. The number of carbonyl (C=O) groups excluding carboxylic acids is 1. The summed E-state index contributed by atoms with van der Waals surface area (Å²) >= 11 is 5.50. The quantitative estimate of drug-likeness (QED) is 0.493. The third-order valence-electron chi connectivity index (χ3n) is 2.40. The number of hydrogen-bond acceptors (Lipinski definition) is 4. The Bertz CT molecular complexity index is 576. The van der Waals surface area contributed by atoms with Crippen molar-refractivity contribution in [3.63, 3.8) is 0 Å². The van der Waals surface area contributed by atoms with Gasteiger partial charge in [-0.15, -0.1) is 11.6 Å². The van der Waals surface area contributed by atoms with E-state index in [4.69, 9.17) is 16.3 Å². The van der Waals surface area contributed by atoms with E-state index >= 15 is 0 Å². The molecule has 0 aromatic heterocycles. The number of rotatable bonds is 6. The largest absolute Gasteiger partial charge is 0.456 e. The molecule has 1 aromatic carbocycles.